The predicted octanol–water partition coefficient (Wildman–Crippen LogP) is 5.56. The van der Waals surface area contributed by atoms with E-state index in [0.29, 0.717) is 22.6 Å². The number of nitrogens with one attached hydrogen (secondary N) is 1. The Morgan fingerprint density at radius 1 is 1.03 bits per heavy atom. The van der Waals surface area contributed by atoms with Gasteiger partial charge >= 0.3 is 0 Å². The fraction of sp³-hybridized carbons (Fsp3) is 0.160. The number of benzene rings is 3. The van der Waals surface area contributed by atoms with E-state index in [4.69, 9.17) is 21.1 Å². The highest BCUT2D eigenvalue weighted by molar-refractivity contribution is 7.89. The molecule has 190 valence electrons. The summed E-state index contributed by atoms with van der Waals surface area (Å²) in [5, 5.41) is 2.08. The molecule has 1 aromatic heterocycles. The number of hydrogen-bond donors (Lipinski definition) is 1. The molecule has 4 aromatic rings. The molecule has 11 heteroatoms. The van der Waals surface area contributed by atoms with E-state index in [2.05, 4.69) is 9.71 Å². The van der Waals surface area contributed by atoms with E-state index >= 15 is 0 Å². The van der Waals surface area contributed by atoms with E-state index in [1.165, 1.54) is 18.4 Å². The molecule has 0 radical (unpaired) electrons. The fourth-order valence-electron chi connectivity index (χ4n) is 3.46. The summed E-state index contributed by atoms with van der Waals surface area (Å²) in [6.45, 7) is 0.0301. The van der Waals surface area contributed by atoms with Gasteiger partial charge in [0, 0.05) is 36.2 Å². The van der Waals surface area contributed by atoms with Crippen LogP contribution in [0.25, 0.3) is 11.3 Å². The van der Waals surface area contributed by atoms with Gasteiger partial charge in [-0.15, -0.1) is 23.7 Å². The lowest BCUT2D eigenvalue weighted by molar-refractivity contribution is 0.390. The number of aromatic nitrogens is 1. The lowest BCUT2D eigenvalue weighted by Crippen LogP contribution is -2.24. The maximum absolute atomic E-state index is 13.2. The van der Waals surface area contributed by atoms with E-state index in [1.807, 2.05) is 47.3 Å². The summed E-state index contributed by atoms with van der Waals surface area (Å²) in [5.41, 5.74) is 3.05. The molecule has 0 atom stereocenters. The molecule has 0 aliphatic carbocycles. The Kier molecular flexibility index (Phi) is 9.21. The highest BCUT2D eigenvalue weighted by Crippen LogP contribution is 2.30. The van der Waals surface area contributed by atoms with Gasteiger partial charge in [0.1, 0.15) is 16.4 Å². The third kappa shape index (κ3) is 6.11. The molecule has 7 nitrogen and oxygen atoms in total. The first-order chi connectivity index (χ1) is 16.8. The van der Waals surface area contributed by atoms with Crippen molar-refractivity contribution in [2.45, 2.75) is 11.4 Å². The van der Waals surface area contributed by atoms with Crippen LogP contribution in [0.1, 0.15) is 5.56 Å². The second-order valence-corrected chi connectivity index (χ2v) is 10.5. The van der Waals surface area contributed by atoms with Gasteiger partial charge in [-0.2, -0.15) is 0 Å². The number of hydrogen-bond acceptors (Lipinski definition) is 6. The zero-order valence-electron chi connectivity index (χ0n) is 19.8. The molecule has 0 unspecified atom stereocenters. The van der Waals surface area contributed by atoms with Gasteiger partial charge < -0.3 is 14.0 Å². The van der Waals surface area contributed by atoms with Crippen molar-refractivity contribution in [1.29, 1.82) is 0 Å². The maximum atomic E-state index is 13.2. The van der Waals surface area contributed by atoms with Crippen LogP contribution in [0, 0.1) is 0 Å². The van der Waals surface area contributed by atoms with E-state index < -0.39 is 10.0 Å². The Balaban J connectivity index is 0.00000361. The van der Waals surface area contributed by atoms with Crippen LogP contribution in [0.15, 0.2) is 82.0 Å². The van der Waals surface area contributed by atoms with Gasteiger partial charge in [0.2, 0.25) is 10.0 Å². The number of sulfonamides is 1. The number of rotatable bonds is 8. The lowest BCUT2D eigenvalue weighted by atomic mass is 10.2. The molecule has 0 saturated carbocycles. The number of nitrogens with zero attached hydrogens (tertiary/aromatic N) is 2. The van der Waals surface area contributed by atoms with Crippen LogP contribution in [0.2, 0.25) is 5.02 Å². The van der Waals surface area contributed by atoms with Crippen LogP contribution in [-0.2, 0) is 23.6 Å². The second kappa shape index (κ2) is 11.9. The lowest BCUT2D eigenvalue weighted by Gasteiger charge is -2.13. The molecule has 0 amide bonds. The van der Waals surface area contributed by atoms with Crippen molar-refractivity contribution in [1.82, 2.24) is 9.29 Å². The Bertz CT molecular complexity index is 1520. The van der Waals surface area contributed by atoms with Crippen molar-refractivity contribution in [3.8, 4) is 22.8 Å². The van der Waals surface area contributed by atoms with Crippen molar-refractivity contribution in [2.24, 2.45) is 12.0 Å². The Morgan fingerprint density at radius 3 is 2.47 bits per heavy atom. The van der Waals surface area contributed by atoms with Crippen LogP contribution in [0.4, 0.5) is 5.69 Å². The summed E-state index contributed by atoms with van der Waals surface area (Å²) in [5.74, 6) is 1.14. The van der Waals surface area contributed by atoms with Crippen molar-refractivity contribution >= 4 is 51.1 Å². The number of para-hydroxylation sites is 1. The third-order valence-electron chi connectivity index (χ3n) is 5.37. The Hall–Kier alpha value is -2.82. The zero-order chi connectivity index (χ0) is 25.0. The Morgan fingerprint density at radius 2 is 1.78 bits per heavy atom. The minimum Gasteiger partial charge on any atom is -0.497 e. The van der Waals surface area contributed by atoms with Gasteiger partial charge in [0.15, 0.2) is 4.80 Å². The second-order valence-electron chi connectivity index (χ2n) is 7.56. The van der Waals surface area contributed by atoms with Crippen molar-refractivity contribution in [3.05, 3.63) is 87.5 Å². The van der Waals surface area contributed by atoms with Gasteiger partial charge in [-0.05, 0) is 30.3 Å². The van der Waals surface area contributed by atoms with Gasteiger partial charge in [-0.3, -0.25) is 0 Å². The number of ether oxygens (including phenoxy) is 2. The molecule has 4 rings (SSSR count). The normalized spacial score (nSPS) is 11.7. The molecule has 1 heterocycles. The number of thiazole rings is 1. The van der Waals surface area contributed by atoms with Crippen LogP contribution >= 0.6 is 35.3 Å². The summed E-state index contributed by atoms with van der Waals surface area (Å²) < 4.78 is 41.5. The first kappa shape index (κ1) is 27.8. The quantitative estimate of drug-likeness (QED) is 0.303. The highest BCUT2D eigenvalue weighted by atomic mass is 35.5. The summed E-state index contributed by atoms with van der Waals surface area (Å²) in [7, 11) is 1.05. The van der Waals surface area contributed by atoms with Gasteiger partial charge in [0.05, 0.1) is 30.6 Å². The topological polar surface area (TPSA) is 81.9 Å². The molecular weight excluding hydrogens is 541 g/mol. The van der Waals surface area contributed by atoms with Crippen LogP contribution < -0.4 is 19.0 Å². The van der Waals surface area contributed by atoms with Crippen LogP contribution in [-0.4, -0.2) is 27.2 Å². The van der Waals surface area contributed by atoms with E-state index in [0.717, 1.165) is 16.2 Å². The van der Waals surface area contributed by atoms with E-state index in [-0.39, 0.29) is 28.9 Å². The monoisotopic (exact) mass is 565 g/mol. The molecule has 0 aliphatic heterocycles. The van der Waals surface area contributed by atoms with E-state index in [9.17, 15) is 8.42 Å². The summed E-state index contributed by atoms with van der Waals surface area (Å²) in [6, 6.07) is 19.8. The molecular formula is C25H25Cl2N3O4S2. The number of methoxy groups -OCH3 is 2. The maximum Gasteiger partial charge on any atom is 0.242 e. The molecule has 3 aromatic carbocycles. The molecule has 0 saturated heterocycles. The molecule has 1 N–H and O–H groups in total. The van der Waals surface area contributed by atoms with Crippen molar-refractivity contribution in [3.63, 3.8) is 0 Å². The smallest absolute Gasteiger partial charge is 0.242 e. The molecule has 0 bridgehead atoms. The standard InChI is InChI=1S/C25H24ClN3O4S2.ClH/c1-29-22(16-34-25(29)28-19-7-5-4-6-8-19)17-10-12-21(26)24(13-17)35(30,31)27-15-18-9-11-20(32-2)14-23(18)33-3;/h4-14,16,27H,15H2,1-3H3;1H/b28-25+;. The van der Waals surface area contributed by atoms with Crippen LogP contribution in [0.3, 0.4) is 0 Å². The minimum absolute atomic E-state index is 0. The van der Waals surface area contributed by atoms with Gasteiger partial charge in [0.25, 0.3) is 0 Å². The zero-order valence-corrected chi connectivity index (χ0v) is 23.0. The molecule has 0 spiro atoms. The third-order valence-corrected chi connectivity index (χ3v) is 8.17. The highest BCUT2D eigenvalue weighted by Gasteiger charge is 2.20. The fourth-order valence-corrected chi connectivity index (χ4v) is 5.92. The number of halogens is 2. The first-order valence-electron chi connectivity index (χ1n) is 10.6. The van der Waals surface area contributed by atoms with Gasteiger partial charge in [-0.25, -0.2) is 18.1 Å². The Labute approximate surface area is 225 Å². The SMILES string of the molecule is COc1ccc(CNS(=O)(=O)c2cc(-c3cs/c(=N/c4ccccc4)n3C)ccc2Cl)c(OC)c1.Cl. The largest absolute Gasteiger partial charge is 0.497 e. The minimum atomic E-state index is -3.91. The first-order valence-corrected chi connectivity index (χ1v) is 13.3. The summed E-state index contributed by atoms with van der Waals surface area (Å²) in [4.78, 5) is 5.46. The molecule has 36 heavy (non-hydrogen) atoms. The van der Waals surface area contributed by atoms with Crippen molar-refractivity contribution < 1.29 is 17.9 Å². The summed E-state index contributed by atoms with van der Waals surface area (Å²) in [6.07, 6.45) is 0. The van der Waals surface area contributed by atoms with Crippen LogP contribution in [0.5, 0.6) is 11.5 Å². The average molecular weight is 567 g/mol. The van der Waals surface area contributed by atoms with Crippen molar-refractivity contribution in [2.75, 3.05) is 14.2 Å². The van der Waals surface area contributed by atoms with Gasteiger partial charge in [-0.1, -0.05) is 41.9 Å². The summed E-state index contributed by atoms with van der Waals surface area (Å²) >= 11 is 7.79. The molecule has 0 aliphatic rings. The molecule has 0 fully saturated rings. The van der Waals surface area contributed by atoms with E-state index in [1.54, 1.807) is 43.5 Å². The predicted molar refractivity (Wildman–Crippen MR) is 146 cm³/mol. The average Bonchev–Trinajstić information content (AvgIpc) is 3.23.